The number of rotatable bonds is 2. The van der Waals surface area contributed by atoms with Gasteiger partial charge < -0.3 is 19.6 Å². The quantitative estimate of drug-likeness (QED) is 0.794. The Kier molecular flexibility index (Phi) is 5.39. The number of para-hydroxylation sites is 1. The number of urea groups is 1. The Morgan fingerprint density at radius 2 is 1.19 bits per heavy atom. The third kappa shape index (κ3) is 4.14. The summed E-state index contributed by atoms with van der Waals surface area (Å²) in [4.78, 5) is 21.5. The molecule has 2 saturated heterocycles. The topological polar surface area (TPSA) is 30.0 Å². The molecule has 0 saturated carbocycles. The Morgan fingerprint density at radius 3 is 1.74 bits per heavy atom. The fourth-order valence-electron chi connectivity index (χ4n) is 3.82. The Hall–Kier alpha value is -2.40. The molecular weight excluding hydrogens is 360 g/mol. The van der Waals surface area contributed by atoms with E-state index < -0.39 is 0 Å². The van der Waals surface area contributed by atoms with Crippen LogP contribution in [0.15, 0.2) is 54.6 Å². The van der Waals surface area contributed by atoms with Gasteiger partial charge in [-0.3, -0.25) is 0 Å². The number of carbonyl (C=O) groups is 1. The zero-order valence-corrected chi connectivity index (χ0v) is 16.2. The summed E-state index contributed by atoms with van der Waals surface area (Å²) in [5, 5.41) is 0.752. The van der Waals surface area contributed by atoms with Crippen LogP contribution in [0.2, 0.25) is 5.02 Å². The Labute approximate surface area is 165 Å². The summed E-state index contributed by atoms with van der Waals surface area (Å²) in [5.74, 6) is 0. The maximum absolute atomic E-state index is 12.9. The van der Waals surface area contributed by atoms with Gasteiger partial charge in [0.1, 0.15) is 0 Å². The predicted molar refractivity (Wildman–Crippen MR) is 111 cm³/mol. The van der Waals surface area contributed by atoms with Crippen molar-refractivity contribution < 1.29 is 4.79 Å². The first-order chi connectivity index (χ1) is 13.2. The summed E-state index contributed by atoms with van der Waals surface area (Å²) in [6.45, 7) is 6.53. The van der Waals surface area contributed by atoms with Crippen molar-refractivity contribution in [1.82, 2.24) is 9.80 Å². The second-order valence-electron chi connectivity index (χ2n) is 7.05. The number of hydrogen-bond donors (Lipinski definition) is 0. The second-order valence-corrected chi connectivity index (χ2v) is 7.48. The van der Waals surface area contributed by atoms with Crippen LogP contribution in [-0.4, -0.2) is 68.2 Å². The lowest BCUT2D eigenvalue weighted by Crippen LogP contribution is -2.57. The van der Waals surface area contributed by atoms with Crippen molar-refractivity contribution in [2.24, 2.45) is 0 Å². The zero-order valence-electron chi connectivity index (χ0n) is 15.4. The van der Waals surface area contributed by atoms with Gasteiger partial charge in [-0.2, -0.15) is 0 Å². The molecule has 0 aliphatic carbocycles. The SMILES string of the molecule is O=C(N1CCN(c2ccccc2)CC1)N1CCN(c2cccc(Cl)c2)CC1. The van der Waals surface area contributed by atoms with Gasteiger partial charge >= 0.3 is 6.03 Å². The minimum Gasteiger partial charge on any atom is -0.368 e. The van der Waals surface area contributed by atoms with E-state index in [0.717, 1.165) is 63.1 Å². The molecule has 0 unspecified atom stereocenters. The molecule has 0 N–H and O–H groups in total. The van der Waals surface area contributed by atoms with Crippen molar-refractivity contribution >= 4 is 29.0 Å². The molecule has 27 heavy (non-hydrogen) atoms. The van der Waals surface area contributed by atoms with Gasteiger partial charge in [0.2, 0.25) is 0 Å². The first kappa shape index (κ1) is 18.0. The molecule has 0 aromatic heterocycles. The highest BCUT2D eigenvalue weighted by molar-refractivity contribution is 6.30. The van der Waals surface area contributed by atoms with Gasteiger partial charge in [-0.1, -0.05) is 35.9 Å². The smallest absolute Gasteiger partial charge is 0.320 e. The third-order valence-electron chi connectivity index (χ3n) is 5.40. The lowest BCUT2D eigenvalue weighted by atomic mass is 10.2. The van der Waals surface area contributed by atoms with Crippen LogP contribution in [0.25, 0.3) is 0 Å². The van der Waals surface area contributed by atoms with Crippen molar-refractivity contribution in [1.29, 1.82) is 0 Å². The summed E-state index contributed by atoms with van der Waals surface area (Å²) in [6, 6.07) is 18.5. The number of hydrogen-bond acceptors (Lipinski definition) is 3. The summed E-state index contributed by atoms with van der Waals surface area (Å²) in [6.07, 6.45) is 0. The van der Waals surface area contributed by atoms with Crippen LogP contribution >= 0.6 is 11.6 Å². The summed E-state index contributed by atoms with van der Waals surface area (Å²) >= 11 is 6.10. The first-order valence-corrected chi connectivity index (χ1v) is 9.93. The Balaban J connectivity index is 1.29. The minimum absolute atomic E-state index is 0.174. The fourth-order valence-corrected chi connectivity index (χ4v) is 4.01. The lowest BCUT2D eigenvalue weighted by molar-refractivity contribution is 0.147. The van der Waals surface area contributed by atoms with E-state index in [1.807, 2.05) is 34.1 Å². The molecule has 2 aliphatic heterocycles. The molecular formula is C21H25ClN4O. The van der Waals surface area contributed by atoms with E-state index in [-0.39, 0.29) is 6.03 Å². The molecule has 5 nitrogen and oxygen atoms in total. The third-order valence-corrected chi connectivity index (χ3v) is 5.63. The maximum Gasteiger partial charge on any atom is 0.320 e. The highest BCUT2D eigenvalue weighted by Crippen LogP contribution is 2.21. The monoisotopic (exact) mass is 384 g/mol. The number of halogens is 1. The number of carbonyl (C=O) groups excluding carboxylic acids is 1. The molecule has 0 radical (unpaired) electrons. The standard InChI is InChI=1S/C21H25ClN4O/c22-18-5-4-8-20(17-18)24-11-15-26(16-12-24)21(27)25-13-9-23(10-14-25)19-6-2-1-3-7-19/h1-8,17H,9-16H2. The lowest BCUT2D eigenvalue weighted by Gasteiger charge is -2.41. The van der Waals surface area contributed by atoms with Crippen molar-refractivity contribution in [2.45, 2.75) is 0 Å². The molecule has 2 aromatic carbocycles. The van der Waals surface area contributed by atoms with E-state index in [4.69, 9.17) is 11.6 Å². The first-order valence-electron chi connectivity index (χ1n) is 9.55. The van der Waals surface area contributed by atoms with Crippen LogP contribution in [0, 0.1) is 0 Å². The number of nitrogens with zero attached hydrogens (tertiary/aromatic N) is 4. The number of anilines is 2. The van der Waals surface area contributed by atoms with Crippen LogP contribution in [0.4, 0.5) is 16.2 Å². The van der Waals surface area contributed by atoms with Crippen LogP contribution in [0.3, 0.4) is 0 Å². The molecule has 6 heteroatoms. The van der Waals surface area contributed by atoms with Gasteiger partial charge in [0.05, 0.1) is 0 Å². The number of piperazine rings is 2. The van der Waals surface area contributed by atoms with Crippen molar-refractivity contribution in [3.05, 3.63) is 59.6 Å². The van der Waals surface area contributed by atoms with Gasteiger partial charge in [0.15, 0.2) is 0 Å². The Morgan fingerprint density at radius 1 is 0.667 bits per heavy atom. The highest BCUT2D eigenvalue weighted by atomic mass is 35.5. The van der Waals surface area contributed by atoms with Gasteiger partial charge in [0, 0.05) is 68.8 Å². The average Bonchev–Trinajstić information content (AvgIpc) is 2.74. The highest BCUT2D eigenvalue weighted by Gasteiger charge is 2.28. The van der Waals surface area contributed by atoms with Crippen molar-refractivity contribution in [3.8, 4) is 0 Å². The predicted octanol–water partition coefficient (Wildman–Crippen LogP) is 3.40. The summed E-state index contributed by atoms with van der Waals surface area (Å²) < 4.78 is 0. The van der Waals surface area contributed by atoms with Crippen LogP contribution in [0.1, 0.15) is 0 Å². The van der Waals surface area contributed by atoms with Gasteiger partial charge in [-0.25, -0.2) is 4.79 Å². The number of benzene rings is 2. The van der Waals surface area contributed by atoms with Crippen LogP contribution in [-0.2, 0) is 0 Å². The summed E-state index contributed by atoms with van der Waals surface area (Å²) in [7, 11) is 0. The van der Waals surface area contributed by atoms with Crippen LogP contribution < -0.4 is 9.80 Å². The molecule has 0 bridgehead atoms. The average molecular weight is 385 g/mol. The largest absolute Gasteiger partial charge is 0.368 e. The van der Waals surface area contributed by atoms with Crippen molar-refractivity contribution in [2.75, 3.05) is 62.2 Å². The van der Waals surface area contributed by atoms with E-state index in [1.54, 1.807) is 0 Å². The van der Waals surface area contributed by atoms with E-state index in [2.05, 4.69) is 40.1 Å². The number of amides is 2. The minimum atomic E-state index is 0.174. The molecule has 2 aliphatic rings. The normalized spacial score (nSPS) is 18.0. The van der Waals surface area contributed by atoms with Crippen LogP contribution in [0.5, 0.6) is 0 Å². The van der Waals surface area contributed by atoms with Gasteiger partial charge in [0.25, 0.3) is 0 Å². The van der Waals surface area contributed by atoms with Crippen molar-refractivity contribution in [3.63, 3.8) is 0 Å². The maximum atomic E-state index is 12.9. The van der Waals surface area contributed by atoms with E-state index in [9.17, 15) is 4.79 Å². The molecule has 2 fully saturated rings. The molecule has 2 amide bonds. The molecule has 0 atom stereocenters. The molecule has 4 rings (SSSR count). The molecule has 2 aromatic rings. The molecule has 2 heterocycles. The van der Waals surface area contributed by atoms with Gasteiger partial charge in [-0.05, 0) is 30.3 Å². The Bertz CT molecular complexity index is 769. The van der Waals surface area contributed by atoms with E-state index >= 15 is 0 Å². The van der Waals surface area contributed by atoms with Gasteiger partial charge in [-0.15, -0.1) is 0 Å². The fraction of sp³-hybridized carbons (Fsp3) is 0.381. The summed E-state index contributed by atoms with van der Waals surface area (Å²) in [5.41, 5.74) is 2.37. The molecule has 0 spiro atoms. The second kappa shape index (κ2) is 8.09. The van der Waals surface area contributed by atoms with E-state index in [0.29, 0.717) is 0 Å². The molecule has 142 valence electrons. The zero-order chi connectivity index (χ0) is 18.6. The van der Waals surface area contributed by atoms with E-state index in [1.165, 1.54) is 5.69 Å².